The zero-order valence-corrected chi connectivity index (χ0v) is 12.4. The summed E-state index contributed by atoms with van der Waals surface area (Å²) in [6.07, 6.45) is -1.97. The highest BCUT2D eigenvalue weighted by Gasteiger charge is 2.37. The van der Waals surface area contributed by atoms with Crippen LogP contribution in [0.5, 0.6) is 0 Å². The molecule has 0 aliphatic rings. The van der Waals surface area contributed by atoms with E-state index in [2.05, 4.69) is 4.74 Å². The number of rotatable bonds is 3. The van der Waals surface area contributed by atoms with E-state index in [1.54, 1.807) is 31.2 Å². The first-order chi connectivity index (χ1) is 8.34. The summed E-state index contributed by atoms with van der Waals surface area (Å²) in [4.78, 5) is 11.3. The van der Waals surface area contributed by atoms with Crippen molar-refractivity contribution in [1.82, 2.24) is 0 Å². The van der Waals surface area contributed by atoms with Gasteiger partial charge in [-0.3, -0.25) is 0 Å². The molecule has 1 unspecified atom stereocenters. The molecule has 1 aromatic rings. The Morgan fingerprint density at radius 2 is 1.83 bits per heavy atom. The van der Waals surface area contributed by atoms with Gasteiger partial charge in [-0.05, 0) is 24.6 Å². The van der Waals surface area contributed by atoms with Gasteiger partial charge in [-0.15, -0.1) is 0 Å². The fraction of sp³-hybridized carbons (Fsp3) is 0.364. The number of hydrogen-bond donors (Lipinski definition) is 0. The smallest absolute Gasteiger partial charge is 0.435 e. The lowest BCUT2D eigenvalue weighted by atomic mass is 10.1. The molecule has 18 heavy (non-hydrogen) atoms. The van der Waals surface area contributed by atoms with Crippen LogP contribution in [0.3, 0.4) is 0 Å². The van der Waals surface area contributed by atoms with Crippen molar-refractivity contribution >= 4 is 52.6 Å². The molecule has 0 fully saturated rings. The minimum atomic E-state index is -1.80. The molecular formula is C11H10Cl4O3. The molecule has 0 aliphatic heterocycles. The molecule has 0 spiro atoms. The molecule has 7 heteroatoms. The Morgan fingerprint density at radius 3 is 2.28 bits per heavy atom. The van der Waals surface area contributed by atoms with Crippen LogP contribution in [-0.4, -0.2) is 16.6 Å². The third-order valence-electron chi connectivity index (χ3n) is 1.95. The van der Waals surface area contributed by atoms with E-state index < -0.39 is 16.1 Å². The highest BCUT2D eigenvalue weighted by Crippen LogP contribution is 2.42. The average molecular weight is 332 g/mol. The zero-order chi connectivity index (χ0) is 13.8. The van der Waals surface area contributed by atoms with Gasteiger partial charge in [0.1, 0.15) is 0 Å². The summed E-state index contributed by atoms with van der Waals surface area (Å²) in [7, 11) is 0. The zero-order valence-electron chi connectivity index (χ0n) is 9.33. The van der Waals surface area contributed by atoms with Gasteiger partial charge in [0.25, 0.3) is 0 Å². The first-order valence-electron chi connectivity index (χ1n) is 5.00. The molecule has 0 aliphatic carbocycles. The fourth-order valence-electron chi connectivity index (χ4n) is 1.21. The molecule has 0 radical (unpaired) electrons. The van der Waals surface area contributed by atoms with Crippen LogP contribution in [0.2, 0.25) is 5.02 Å². The highest BCUT2D eigenvalue weighted by molar-refractivity contribution is 6.68. The fourth-order valence-corrected chi connectivity index (χ4v) is 1.85. The van der Waals surface area contributed by atoms with E-state index in [0.29, 0.717) is 10.6 Å². The van der Waals surface area contributed by atoms with Gasteiger partial charge in [-0.2, -0.15) is 0 Å². The third kappa shape index (κ3) is 4.73. The van der Waals surface area contributed by atoms with Gasteiger partial charge < -0.3 is 9.47 Å². The maximum absolute atomic E-state index is 11.3. The van der Waals surface area contributed by atoms with E-state index in [9.17, 15) is 4.79 Å². The van der Waals surface area contributed by atoms with E-state index >= 15 is 0 Å². The summed E-state index contributed by atoms with van der Waals surface area (Å²) in [6.45, 7) is 1.82. The van der Waals surface area contributed by atoms with E-state index in [1.165, 1.54) is 0 Å². The molecule has 0 amide bonds. The molecule has 0 aromatic heterocycles. The molecule has 0 heterocycles. The highest BCUT2D eigenvalue weighted by atomic mass is 35.6. The van der Waals surface area contributed by atoms with Gasteiger partial charge in [0, 0.05) is 5.02 Å². The van der Waals surface area contributed by atoms with Gasteiger partial charge in [-0.1, -0.05) is 58.5 Å². The monoisotopic (exact) mass is 330 g/mol. The maximum atomic E-state index is 11.3. The molecule has 0 saturated heterocycles. The number of alkyl halides is 3. The Labute approximate surface area is 125 Å². The molecule has 3 nitrogen and oxygen atoms in total. The molecule has 1 aromatic carbocycles. The second kappa shape index (κ2) is 6.71. The predicted octanol–water partition coefficient (Wildman–Crippen LogP) is 4.92. The molecule has 100 valence electrons. The van der Waals surface area contributed by atoms with Crippen molar-refractivity contribution in [1.29, 1.82) is 0 Å². The predicted molar refractivity (Wildman–Crippen MR) is 72.6 cm³/mol. The summed E-state index contributed by atoms with van der Waals surface area (Å²) in [5.41, 5.74) is 0.507. The minimum Gasteiger partial charge on any atom is -0.435 e. The first-order valence-corrected chi connectivity index (χ1v) is 6.51. The Kier molecular flexibility index (Phi) is 5.86. The van der Waals surface area contributed by atoms with E-state index in [0.717, 1.165) is 0 Å². The number of ether oxygens (including phenoxy) is 2. The quantitative estimate of drug-likeness (QED) is 0.582. The van der Waals surface area contributed by atoms with Crippen LogP contribution in [0, 0.1) is 0 Å². The van der Waals surface area contributed by atoms with Gasteiger partial charge >= 0.3 is 6.16 Å². The van der Waals surface area contributed by atoms with Crippen molar-refractivity contribution in [3.8, 4) is 0 Å². The number of hydrogen-bond acceptors (Lipinski definition) is 3. The molecule has 1 rings (SSSR count). The second-order valence-electron chi connectivity index (χ2n) is 3.27. The SMILES string of the molecule is CCOC(=O)OC(c1ccc(Cl)cc1)C(Cl)(Cl)Cl. The lowest BCUT2D eigenvalue weighted by molar-refractivity contribution is 0.0267. The van der Waals surface area contributed by atoms with E-state index in [1.807, 2.05) is 0 Å². The number of halogens is 4. The number of benzene rings is 1. The molecule has 0 saturated carbocycles. The van der Waals surface area contributed by atoms with Crippen molar-refractivity contribution in [3.63, 3.8) is 0 Å². The normalized spacial score (nSPS) is 12.9. The van der Waals surface area contributed by atoms with Crippen LogP contribution in [0.25, 0.3) is 0 Å². The summed E-state index contributed by atoms with van der Waals surface area (Å²) >= 11 is 23.1. The summed E-state index contributed by atoms with van der Waals surface area (Å²) in [5, 5.41) is 0.526. The van der Waals surface area contributed by atoms with Gasteiger partial charge in [-0.25, -0.2) is 4.79 Å². The van der Waals surface area contributed by atoms with Crippen LogP contribution in [0.4, 0.5) is 4.79 Å². The summed E-state index contributed by atoms with van der Waals surface area (Å²) in [6, 6.07) is 6.42. The van der Waals surface area contributed by atoms with Crippen molar-refractivity contribution in [2.45, 2.75) is 16.8 Å². The van der Waals surface area contributed by atoms with Crippen LogP contribution in [-0.2, 0) is 9.47 Å². The summed E-state index contributed by atoms with van der Waals surface area (Å²) < 4.78 is 7.83. The van der Waals surface area contributed by atoms with Crippen LogP contribution in [0.15, 0.2) is 24.3 Å². The van der Waals surface area contributed by atoms with Gasteiger partial charge in [0.2, 0.25) is 3.79 Å². The largest absolute Gasteiger partial charge is 0.509 e. The van der Waals surface area contributed by atoms with Crippen molar-refractivity contribution in [2.24, 2.45) is 0 Å². The molecular weight excluding hydrogens is 322 g/mol. The van der Waals surface area contributed by atoms with E-state index in [-0.39, 0.29) is 6.61 Å². The Morgan fingerprint density at radius 1 is 1.28 bits per heavy atom. The average Bonchev–Trinajstić information content (AvgIpc) is 2.26. The van der Waals surface area contributed by atoms with Crippen molar-refractivity contribution in [3.05, 3.63) is 34.9 Å². The van der Waals surface area contributed by atoms with E-state index in [4.69, 9.17) is 51.1 Å². The Balaban J connectivity index is 2.92. The van der Waals surface area contributed by atoms with Crippen LogP contribution < -0.4 is 0 Å². The second-order valence-corrected chi connectivity index (χ2v) is 6.08. The van der Waals surface area contributed by atoms with Crippen LogP contribution >= 0.6 is 46.4 Å². The lowest BCUT2D eigenvalue weighted by Crippen LogP contribution is -2.24. The minimum absolute atomic E-state index is 0.173. The lowest BCUT2D eigenvalue weighted by Gasteiger charge is -2.24. The molecule has 0 N–H and O–H groups in total. The first kappa shape index (κ1) is 15.7. The van der Waals surface area contributed by atoms with Crippen molar-refractivity contribution < 1.29 is 14.3 Å². The standard InChI is InChI=1S/C11H10Cl4O3/c1-2-17-10(16)18-9(11(13,14)15)7-3-5-8(12)6-4-7/h3-6,9H,2H2,1H3. The Hall–Kier alpha value is -0.350. The number of carbonyl (C=O) groups excluding carboxylic acids is 1. The van der Waals surface area contributed by atoms with Gasteiger partial charge in [0.15, 0.2) is 6.10 Å². The molecule has 0 bridgehead atoms. The topological polar surface area (TPSA) is 35.5 Å². The third-order valence-corrected chi connectivity index (χ3v) is 2.79. The van der Waals surface area contributed by atoms with Crippen molar-refractivity contribution in [2.75, 3.05) is 6.61 Å². The van der Waals surface area contributed by atoms with Crippen LogP contribution in [0.1, 0.15) is 18.6 Å². The maximum Gasteiger partial charge on any atom is 0.509 e. The molecule has 1 atom stereocenters. The number of carbonyl (C=O) groups is 1. The summed E-state index contributed by atoms with van der Waals surface area (Å²) in [5.74, 6) is 0. The van der Waals surface area contributed by atoms with Gasteiger partial charge in [0.05, 0.1) is 6.61 Å². The Bertz CT molecular complexity index is 400.